The van der Waals surface area contributed by atoms with E-state index < -0.39 is 27.4 Å². The van der Waals surface area contributed by atoms with Crippen LogP contribution in [0.5, 0.6) is 0 Å². The Morgan fingerprint density at radius 2 is 1.85 bits per heavy atom. The number of non-ortho nitro benzene ring substituents is 1. The molecule has 0 aliphatic heterocycles. The lowest BCUT2D eigenvalue weighted by molar-refractivity contribution is -0.385. The third-order valence-electron chi connectivity index (χ3n) is 3.90. The highest BCUT2D eigenvalue weighted by Gasteiger charge is 2.26. The van der Waals surface area contributed by atoms with E-state index in [1.54, 1.807) is 12.1 Å². The van der Waals surface area contributed by atoms with Gasteiger partial charge >= 0.3 is 0 Å². The molecular weight excluding hydrogens is 438 g/mol. The summed E-state index contributed by atoms with van der Waals surface area (Å²) in [6.45, 7) is 2.92. The summed E-state index contributed by atoms with van der Waals surface area (Å²) in [5.74, 6) is -0.519. The molecule has 0 bridgehead atoms. The van der Waals surface area contributed by atoms with Gasteiger partial charge in [0.1, 0.15) is 0 Å². The number of hydrogen-bond acceptors (Lipinski definition) is 5. The van der Waals surface area contributed by atoms with Crippen molar-refractivity contribution in [2.24, 2.45) is 0 Å². The average molecular weight is 456 g/mol. The number of carbonyl (C=O) groups excluding carboxylic acids is 1. The molecule has 0 radical (unpaired) electrons. The Kier molecular flexibility index (Phi) is 6.34. The number of rotatable bonds is 6. The number of carbonyl (C=O) groups is 1. The van der Waals surface area contributed by atoms with Crippen LogP contribution in [-0.2, 0) is 14.8 Å². The third kappa shape index (κ3) is 4.90. The standard InChI is InChI=1S/C17H18BrN3O5S/c1-11-4-6-14(21(23)24)9-16(11)27(25,26)20(3)10-17(22)19-15-7-5-13(18)8-12(15)2/h4-9H,10H2,1-3H3,(H,19,22). The zero-order chi connectivity index (χ0) is 20.4. The lowest BCUT2D eigenvalue weighted by Crippen LogP contribution is -2.35. The second kappa shape index (κ2) is 8.15. The van der Waals surface area contributed by atoms with Crippen molar-refractivity contribution in [3.8, 4) is 0 Å². The van der Waals surface area contributed by atoms with Crippen LogP contribution in [0.3, 0.4) is 0 Å². The molecule has 0 spiro atoms. The summed E-state index contributed by atoms with van der Waals surface area (Å²) >= 11 is 3.33. The molecule has 8 nitrogen and oxygen atoms in total. The molecule has 0 saturated heterocycles. The number of halogens is 1. The minimum absolute atomic E-state index is 0.202. The predicted octanol–water partition coefficient (Wildman–Crippen LogP) is 3.23. The maximum atomic E-state index is 12.7. The second-order valence-corrected chi connectivity index (χ2v) is 8.90. The zero-order valence-electron chi connectivity index (χ0n) is 14.9. The van der Waals surface area contributed by atoms with Gasteiger partial charge in [-0.25, -0.2) is 8.42 Å². The first-order valence-electron chi connectivity index (χ1n) is 7.79. The maximum absolute atomic E-state index is 12.7. The number of nitrogens with zero attached hydrogens (tertiary/aromatic N) is 2. The van der Waals surface area contributed by atoms with Crippen molar-refractivity contribution in [3.63, 3.8) is 0 Å². The van der Waals surface area contributed by atoms with Crippen LogP contribution in [0.15, 0.2) is 45.8 Å². The van der Waals surface area contributed by atoms with E-state index in [2.05, 4.69) is 21.2 Å². The molecule has 0 fully saturated rings. The highest BCUT2D eigenvalue weighted by molar-refractivity contribution is 9.10. The van der Waals surface area contributed by atoms with Crippen molar-refractivity contribution in [1.82, 2.24) is 4.31 Å². The van der Waals surface area contributed by atoms with Crippen LogP contribution in [0.2, 0.25) is 0 Å². The first-order chi connectivity index (χ1) is 12.5. The van der Waals surface area contributed by atoms with Gasteiger partial charge in [-0.05, 0) is 43.2 Å². The summed E-state index contributed by atoms with van der Waals surface area (Å²) < 4.78 is 27.2. The van der Waals surface area contributed by atoms with Gasteiger partial charge in [-0.2, -0.15) is 4.31 Å². The van der Waals surface area contributed by atoms with E-state index in [9.17, 15) is 23.3 Å². The van der Waals surface area contributed by atoms with Crippen molar-refractivity contribution in [1.29, 1.82) is 0 Å². The van der Waals surface area contributed by atoms with E-state index in [1.165, 1.54) is 26.1 Å². The van der Waals surface area contributed by atoms with Gasteiger partial charge in [0.15, 0.2) is 0 Å². The maximum Gasteiger partial charge on any atom is 0.270 e. The molecule has 144 valence electrons. The third-order valence-corrected chi connectivity index (χ3v) is 6.34. The molecule has 0 saturated carbocycles. The number of sulfonamides is 1. The number of amides is 1. The van der Waals surface area contributed by atoms with E-state index in [0.29, 0.717) is 11.3 Å². The normalized spacial score (nSPS) is 11.4. The van der Waals surface area contributed by atoms with Gasteiger partial charge in [0.2, 0.25) is 15.9 Å². The summed E-state index contributed by atoms with van der Waals surface area (Å²) in [5.41, 5.74) is 1.41. The molecule has 0 unspecified atom stereocenters. The largest absolute Gasteiger partial charge is 0.325 e. The fraction of sp³-hybridized carbons (Fsp3) is 0.235. The number of anilines is 1. The van der Waals surface area contributed by atoms with E-state index in [-0.39, 0.29) is 10.6 Å². The van der Waals surface area contributed by atoms with Crippen LogP contribution in [0.25, 0.3) is 0 Å². The first-order valence-corrected chi connectivity index (χ1v) is 10.0. The minimum atomic E-state index is -4.07. The Bertz CT molecular complexity index is 1010. The molecule has 0 aromatic heterocycles. The highest BCUT2D eigenvalue weighted by Crippen LogP contribution is 2.24. The quantitative estimate of drug-likeness (QED) is 0.530. The Labute approximate surface area is 165 Å². The van der Waals surface area contributed by atoms with Crippen molar-refractivity contribution in [2.75, 3.05) is 18.9 Å². The molecule has 2 aromatic carbocycles. The zero-order valence-corrected chi connectivity index (χ0v) is 17.3. The van der Waals surface area contributed by atoms with Crippen molar-refractivity contribution < 1.29 is 18.1 Å². The fourth-order valence-corrected chi connectivity index (χ4v) is 4.24. The molecule has 0 atom stereocenters. The van der Waals surface area contributed by atoms with Gasteiger partial charge in [-0.15, -0.1) is 0 Å². The molecular formula is C17H18BrN3O5S. The molecule has 1 N–H and O–H groups in total. The Hall–Kier alpha value is -2.30. The number of aryl methyl sites for hydroxylation is 2. The number of likely N-dealkylation sites (N-methyl/N-ethyl adjacent to an activating group) is 1. The Balaban J connectivity index is 2.21. The van der Waals surface area contributed by atoms with E-state index in [1.807, 2.05) is 13.0 Å². The van der Waals surface area contributed by atoms with Crippen LogP contribution in [-0.4, -0.2) is 37.1 Å². The Morgan fingerprint density at radius 1 is 1.19 bits per heavy atom. The van der Waals surface area contributed by atoms with Gasteiger partial charge < -0.3 is 5.32 Å². The second-order valence-electron chi connectivity index (χ2n) is 5.98. The van der Waals surface area contributed by atoms with Crippen molar-refractivity contribution in [2.45, 2.75) is 18.7 Å². The molecule has 0 aliphatic rings. The smallest absolute Gasteiger partial charge is 0.270 e. The molecule has 0 heterocycles. The number of benzene rings is 2. The van der Waals surface area contributed by atoms with Crippen LogP contribution in [0.1, 0.15) is 11.1 Å². The fourth-order valence-electron chi connectivity index (χ4n) is 2.39. The molecule has 10 heteroatoms. The van der Waals surface area contributed by atoms with Crippen LogP contribution in [0, 0.1) is 24.0 Å². The molecule has 27 heavy (non-hydrogen) atoms. The number of nitro groups is 1. The van der Waals surface area contributed by atoms with Gasteiger partial charge in [-0.1, -0.05) is 22.0 Å². The Morgan fingerprint density at radius 3 is 2.44 bits per heavy atom. The van der Waals surface area contributed by atoms with E-state index >= 15 is 0 Å². The predicted molar refractivity (Wildman–Crippen MR) is 105 cm³/mol. The first kappa shape index (κ1) is 21.0. The molecule has 2 aromatic rings. The SMILES string of the molecule is Cc1cc(Br)ccc1NC(=O)CN(C)S(=O)(=O)c1cc([N+](=O)[O-])ccc1C. The van der Waals surface area contributed by atoms with Gasteiger partial charge in [0.25, 0.3) is 5.69 Å². The van der Waals surface area contributed by atoms with Gasteiger partial charge in [0.05, 0.1) is 16.4 Å². The minimum Gasteiger partial charge on any atom is -0.325 e. The van der Waals surface area contributed by atoms with Crippen LogP contribution in [0.4, 0.5) is 11.4 Å². The summed E-state index contributed by atoms with van der Waals surface area (Å²) in [5, 5.41) is 13.6. The monoisotopic (exact) mass is 455 g/mol. The number of nitrogens with one attached hydrogen (secondary N) is 1. The van der Waals surface area contributed by atoms with E-state index in [4.69, 9.17) is 0 Å². The van der Waals surface area contributed by atoms with Crippen LogP contribution < -0.4 is 5.32 Å². The molecule has 1 amide bonds. The van der Waals surface area contributed by atoms with Crippen molar-refractivity contribution in [3.05, 3.63) is 62.1 Å². The topological polar surface area (TPSA) is 110 Å². The average Bonchev–Trinajstić information content (AvgIpc) is 2.57. The number of nitro benzene ring substituents is 1. The summed E-state index contributed by atoms with van der Waals surface area (Å²) in [6, 6.07) is 8.88. The van der Waals surface area contributed by atoms with E-state index in [0.717, 1.165) is 20.4 Å². The number of hydrogen-bond donors (Lipinski definition) is 1. The summed E-state index contributed by atoms with van der Waals surface area (Å²) in [4.78, 5) is 22.3. The lowest BCUT2D eigenvalue weighted by Gasteiger charge is -2.18. The molecule has 0 aliphatic carbocycles. The summed E-state index contributed by atoms with van der Waals surface area (Å²) in [7, 11) is -2.82. The van der Waals surface area contributed by atoms with Crippen LogP contribution >= 0.6 is 15.9 Å². The molecule has 2 rings (SSSR count). The van der Waals surface area contributed by atoms with Gasteiger partial charge in [-0.3, -0.25) is 14.9 Å². The van der Waals surface area contributed by atoms with Gasteiger partial charge in [0, 0.05) is 29.3 Å². The van der Waals surface area contributed by atoms with Crippen molar-refractivity contribution >= 4 is 43.2 Å². The lowest BCUT2D eigenvalue weighted by atomic mass is 10.2. The summed E-state index contributed by atoms with van der Waals surface area (Å²) in [6.07, 6.45) is 0. The highest BCUT2D eigenvalue weighted by atomic mass is 79.9.